The molecule has 1 aliphatic rings. The number of ether oxygens (including phenoxy) is 2. The standard InChI is InChI=1S/C11H20O4/c1-14-5-6-15-8-10(12)7-9-3-2-4-11(9)13/h9-10,12H,2-8H2,1H3. The molecule has 0 aromatic carbocycles. The Bertz CT molecular complexity index is 193. The minimum atomic E-state index is -0.520. The highest BCUT2D eigenvalue weighted by Crippen LogP contribution is 2.25. The smallest absolute Gasteiger partial charge is 0.136 e. The van der Waals surface area contributed by atoms with Crippen molar-refractivity contribution in [3.05, 3.63) is 0 Å². The Labute approximate surface area is 90.6 Å². The highest BCUT2D eigenvalue weighted by molar-refractivity contribution is 5.82. The Balaban J connectivity index is 2.07. The van der Waals surface area contributed by atoms with Crippen molar-refractivity contribution in [1.29, 1.82) is 0 Å². The summed E-state index contributed by atoms with van der Waals surface area (Å²) in [5.74, 6) is 0.358. The molecule has 0 amide bonds. The number of aliphatic hydroxyl groups is 1. The Hall–Kier alpha value is -0.450. The van der Waals surface area contributed by atoms with E-state index in [2.05, 4.69) is 0 Å². The van der Waals surface area contributed by atoms with E-state index < -0.39 is 6.10 Å². The molecule has 2 atom stereocenters. The maximum absolute atomic E-state index is 11.3. The fourth-order valence-electron chi connectivity index (χ4n) is 1.90. The molecule has 4 nitrogen and oxygen atoms in total. The largest absolute Gasteiger partial charge is 0.391 e. The van der Waals surface area contributed by atoms with Crippen LogP contribution in [-0.2, 0) is 14.3 Å². The molecule has 15 heavy (non-hydrogen) atoms. The van der Waals surface area contributed by atoms with E-state index in [-0.39, 0.29) is 5.92 Å². The van der Waals surface area contributed by atoms with E-state index in [4.69, 9.17) is 9.47 Å². The number of rotatable bonds is 7. The number of ketones is 1. The lowest BCUT2D eigenvalue weighted by Crippen LogP contribution is -2.22. The summed E-state index contributed by atoms with van der Waals surface area (Å²) in [6.07, 6.45) is 2.61. The first kappa shape index (κ1) is 12.6. The Morgan fingerprint density at radius 1 is 1.53 bits per heavy atom. The van der Waals surface area contributed by atoms with E-state index in [1.165, 1.54) is 0 Å². The molecule has 0 spiro atoms. The maximum Gasteiger partial charge on any atom is 0.136 e. The molecule has 0 heterocycles. The van der Waals surface area contributed by atoms with Crippen LogP contribution >= 0.6 is 0 Å². The number of aliphatic hydroxyl groups excluding tert-OH is 1. The summed E-state index contributed by atoms with van der Waals surface area (Å²) in [4.78, 5) is 11.3. The Kier molecular flexibility index (Phi) is 5.83. The second-order valence-corrected chi connectivity index (χ2v) is 4.01. The molecule has 2 unspecified atom stereocenters. The normalized spacial score (nSPS) is 23.3. The summed E-state index contributed by atoms with van der Waals surface area (Å²) in [6.45, 7) is 1.33. The number of hydrogen-bond donors (Lipinski definition) is 1. The van der Waals surface area contributed by atoms with Gasteiger partial charge in [-0.25, -0.2) is 0 Å². The van der Waals surface area contributed by atoms with Gasteiger partial charge >= 0.3 is 0 Å². The molecule has 1 fully saturated rings. The molecule has 1 saturated carbocycles. The molecule has 0 aliphatic heterocycles. The van der Waals surface area contributed by atoms with Gasteiger partial charge in [-0.2, -0.15) is 0 Å². The fraction of sp³-hybridized carbons (Fsp3) is 0.909. The van der Waals surface area contributed by atoms with Gasteiger partial charge in [-0.1, -0.05) is 0 Å². The van der Waals surface area contributed by atoms with Gasteiger partial charge in [0.1, 0.15) is 5.78 Å². The summed E-state index contributed by atoms with van der Waals surface area (Å²) in [6, 6.07) is 0. The maximum atomic E-state index is 11.3. The highest BCUT2D eigenvalue weighted by Gasteiger charge is 2.26. The zero-order valence-electron chi connectivity index (χ0n) is 9.28. The first-order chi connectivity index (χ1) is 7.24. The van der Waals surface area contributed by atoms with Crippen LogP contribution in [-0.4, -0.2) is 43.9 Å². The second kappa shape index (κ2) is 6.93. The lowest BCUT2D eigenvalue weighted by atomic mass is 9.99. The molecule has 88 valence electrons. The summed E-state index contributed by atoms with van der Waals surface area (Å²) in [7, 11) is 1.61. The number of carbonyl (C=O) groups excluding carboxylic acids is 1. The quantitative estimate of drug-likeness (QED) is 0.639. The first-order valence-corrected chi connectivity index (χ1v) is 5.51. The number of methoxy groups -OCH3 is 1. The van der Waals surface area contributed by atoms with E-state index in [1.54, 1.807) is 7.11 Å². The van der Waals surface area contributed by atoms with Crippen molar-refractivity contribution in [3.8, 4) is 0 Å². The number of carbonyl (C=O) groups is 1. The van der Waals surface area contributed by atoms with Gasteiger partial charge in [0.15, 0.2) is 0 Å². The third-order valence-corrected chi connectivity index (χ3v) is 2.73. The van der Waals surface area contributed by atoms with Crippen LogP contribution < -0.4 is 0 Å². The van der Waals surface area contributed by atoms with Crippen molar-refractivity contribution in [2.75, 3.05) is 26.9 Å². The Morgan fingerprint density at radius 2 is 2.33 bits per heavy atom. The lowest BCUT2D eigenvalue weighted by molar-refractivity contribution is -0.121. The van der Waals surface area contributed by atoms with Gasteiger partial charge in [-0.05, 0) is 19.3 Å². The molecule has 1 aliphatic carbocycles. The van der Waals surface area contributed by atoms with Gasteiger partial charge in [0.2, 0.25) is 0 Å². The molecule has 0 saturated heterocycles. The monoisotopic (exact) mass is 216 g/mol. The van der Waals surface area contributed by atoms with Gasteiger partial charge in [0.25, 0.3) is 0 Å². The van der Waals surface area contributed by atoms with Crippen molar-refractivity contribution in [2.24, 2.45) is 5.92 Å². The van der Waals surface area contributed by atoms with Crippen molar-refractivity contribution in [1.82, 2.24) is 0 Å². The number of Topliss-reactive ketones (excluding diaryl/α,β-unsaturated/α-hetero) is 1. The van der Waals surface area contributed by atoms with Crippen LogP contribution in [0.5, 0.6) is 0 Å². The predicted octanol–water partition coefficient (Wildman–Crippen LogP) is 0.770. The first-order valence-electron chi connectivity index (χ1n) is 5.51. The summed E-state index contributed by atoms with van der Waals surface area (Å²) < 4.78 is 10.0. The Morgan fingerprint density at radius 3 is 2.93 bits per heavy atom. The van der Waals surface area contributed by atoms with Crippen LogP contribution in [0.1, 0.15) is 25.7 Å². The molecular formula is C11H20O4. The van der Waals surface area contributed by atoms with Crippen LogP contribution in [0.3, 0.4) is 0 Å². The topological polar surface area (TPSA) is 55.8 Å². The number of hydrogen-bond acceptors (Lipinski definition) is 4. The average molecular weight is 216 g/mol. The van der Waals surface area contributed by atoms with Crippen molar-refractivity contribution in [3.63, 3.8) is 0 Å². The van der Waals surface area contributed by atoms with Crippen LogP contribution in [0.2, 0.25) is 0 Å². The predicted molar refractivity (Wildman–Crippen MR) is 55.7 cm³/mol. The van der Waals surface area contributed by atoms with Crippen LogP contribution in [0, 0.1) is 5.92 Å². The average Bonchev–Trinajstić information content (AvgIpc) is 2.59. The van der Waals surface area contributed by atoms with Crippen molar-refractivity contribution >= 4 is 5.78 Å². The minimum absolute atomic E-state index is 0.0611. The zero-order valence-corrected chi connectivity index (χ0v) is 9.28. The third-order valence-electron chi connectivity index (χ3n) is 2.73. The van der Waals surface area contributed by atoms with E-state index in [9.17, 15) is 9.90 Å². The van der Waals surface area contributed by atoms with E-state index in [0.29, 0.717) is 38.4 Å². The zero-order chi connectivity index (χ0) is 11.1. The molecule has 1 rings (SSSR count). The van der Waals surface area contributed by atoms with E-state index in [1.807, 2.05) is 0 Å². The van der Waals surface area contributed by atoms with Crippen molar-refractivity contribution < 1.29 is 19.4 Å². The minimum Gasteiger partial charge on any atom is -0.391 e. The van der Waals surface area contributed by atoms with Gasteiger partial charge < -0.3 is 14.6 Å². The van der Waals surface area contributed by atoms with Crippen LogP contribution in [0.15, 0.2) is 0 Å². The van der Waals surface area contributed by atoms with Gasteiger partial charge in [0, 0.05) is 19.4 Å². The highest BCUT2D eigenvalue weighted by atomic mass is 16.5. The molecular weight excluding hydrogens is 196 g/mol. The molecule has 4 heteroatoms. The van der Waals surface area contributed by atoms with E-state index in [0.717, 1.165) is 12.8 Å². The molecule has 0 aromatic rings. The summed E-state index contributed by atoms with van der Waals surface area (Å²) in [5, 5.41) is 9.61. The summed E-state index contributed by atoms with van der Waals surface area (Å²) in [5.41, 5.74) is 0. The third kappa shape index (κ3) is 4.73. The van der Waals surface area contributed by atoms with Crippen LogP contribution in [0.4, 0.5) is 0 Å². The van der Waals surface area contributed by atoms with Crippen molar-refractivity contribution in [2.45, 2.75) is 31.8 Å². The molecule has 0 bridgehead atoms. The second-order valence-electron chi connectivity index (χ2n) is 4.01. The molecule has 1 N–H and O–H groups in total. The fourth-order valence-corrected chi connectivity index (χ4v) is 1.90. The molecule has 0 radical (unpaired) electrons. The van der Waals surface area contributed by atoms with Gasteiger partial charge in [-0.3, -0.25) is 4.79 Å². The van der Waals surface area contributed by atoms with Crippen LogP contribution in [0.25, 0.3) is 0 Å². The van der Waals surface area contributed by atoms with E-state index >= 15 is 0 Å². The molecule has 0 aromatic heterocycles. The van der Waals surface area contributed by atoms with Gasteiger partial charge in [0.05, 0.1) is 25.9 Å². The lowest BCUT2D eigenvalue weighted by Gasteiger charge is -2.14. The SMILES string of the molecule is COCCOCC(O)CC1CCCC1=O. The summed E-state index contributed by atoms with van der Waals surface area (Å²) >= 11 is 0. The van der Waals surface area contributed by atoms with Gasteiger partial charge in [-0.15, -0.1) is 0 Å².